The zero-order valence-corrected chi connectivity index (χ0v) is 17.0. The average Bonchev–Trinajstić information content (AvgIpc) is 3.04. The molecule has 31 heavy (non-hydrogen) atoms. The van der Waals surface area contributed by atoms with Crippen LogP contribution >= 0.6 is 11.6 Å². The Hall–Kier alpha value is -3.43. The van der Waals surface area contributed by atoms with Gasteiger partial charge in [-0.15, -0.1) is 0 Å². The molecule has 2 aromatic carbocycles. The zero-order chi connectivity index (χ0) is 22.7. The summed E-state index contributed by atoms with van der Waals surface area (Å²) in [5.41, 5.74) is 2.77. The summed E-state index contributed by atoms with van der Waals surface area (Å²) >= 11 is 5.94. The largest absolute Gasteiger partial charge is 0.478 e. The summed E-state index contributed by atoms with van der Waals surface area (Å²) in [4.78, 5) is 23.9. The standard InChI is InChI=1S/C21H18ClF2N3O4/c1-11(12-6-8-13(9-7-12)21(29)30)25-19(28)16-17(18(23)24)26-27(2)20(16)31-15-5-3-4-14(22)10-15/h3-10,17-18,26H,1H2,2H3,(H,25,28)(H,29,30). The number of carbonyl (C=O) groups excluding carboxylic acids is 1. The lowest BCUT2D eigenvalue weighted by molar-refractivity contribution is -0.117. The first-order chi connectivity index (χ1) is 14.7. The number of hydrogen-bond donors (Lipinski definition) is 3. The van der Waals surface area contributed by atoms with Gasteiger partial charge in [-0.3, -0.25) is 9.80 Å². The van der Waals surface area contributed by atoms with E-state index in [0.717, 1.165) is 0 Å². The number of benzene rings is 2. The van der Waals surface area contributed by atoms with Gasteiger partial charge in [0.2, 0.25) is 5.88 Å². The van der Waals surface area contributed by atoms with Crippen LogP contribution in [0.1, 0.15) is 15.9 Å². The molecule has 0 saturated heterocycles. The van der Waals surface area contributed by atoms with E-state index in [0.29, 0.717) is 10.6 Å². The first-order valence-electron chi connectivity index (χ1n) is 8.97. The van der Waals surface area contributed by atoms with Gasteiger partial charge < -0.3 is 15.2 Å². The molecule has 0 spiro atoms. The van der Waals surface area contributed by atoms with Crippen molar-refractivity contribution < 1.29 is 28.2 Å². The molecule has 0 bridgehead atoms. The number of nitrogens with one attached hydrogen (secondary N) is 2. The molecule has 1 heterocycles. The van der Waals surface area contributed by atoms with Crippen LogP contribution in [0.4, 0.5) is 8.78 Å². The quantitative estimate of drug-likeness (QED) is 0.599. The second-order valence-electron chi connectivity index (χ2n) is 6.59. The Bertz CT molecular complexity index is 1060. The SMILES string of the molecule is C=C(NC(=O)C1=C(Oc2cccc(Cl)c2)N(C)NC1C(F)F)c1ccc(C(=O)O)cc1. The van der Waals surface area contributed by atoms with Crippen molar-refractivity contribution in [2.75, 3.05) is 7.05 Å². The van der Waals surface area contributed by atoms with Gasteiger partial charge in [0.05, 0.1) is 5.56 Å². The number of nitrogens with zero attached hydrogens (tertiary/aromatic N) is 1. The van der Waals surface area contributed by atoms with Crippen molar-refractivity contribution in [3.63, 3.8) is 0 Å². The molecule has 7 nitrogen and oxygen atoms in total. The lowest BCUT2D eigenvalue weighted by Gasteiger charge is -2.17. The van der Waals surface area contributed by atoms with Gasteiger partial charge in [0, 0.05) is 17.8 Å². The number of carboxylic acids is 1. The van der Waals surface area contributed by atoms with Gasteiger partial charge >= 0.3 is 5.97 Å². The van der Waals surface area contributed by atoms with Gasteiger partial charge in [-0.2, -0.15) is 0 Å². The van der Waals surface area contributed by atoms with Crippen LogP contribution in [0.15, 0.2) is 66.6 Å². The van der Waals surface area contributed by atoms with Gasteiger partial charge in [-0.05, 0) is 35.9 Å². The molecule has 1 unspecified atom stereocenters. The molecule has 0 aromatic heterocycles. The lowest BCUT2D eigenvalue weighted by Crippen LogP contribution is -2.41. The van der Waals surface area contributed by atoms with Crippen molar-refractivity contribution in [1.29, 1.82) is 0 Å². The molecule has 0 aliphatic carbocycles. The number of carbonyl (C=O) groups is 2. The third-order valence-electron chi connectivity index (χ3n) is 4.43. The molecule has 162 valence electrons. The summed E-state index contributed by atoms with van der Waals surface area (Å²) in [5.74, 6) is -1.79. The van der Waals surface area contributed by atoms with Crippen molar-refractivity contribution in [3.8, 4) is 5.75 Å². The Kier molecular flexibility index (Phi) is 6.57. The number of carboxylic acid groups (broad SMARTS) is 1. The van der Waals surface area contributed by atoms with Gasteiger partial charge in [0.25, 0.3) is 12.3 Å². The number of ether oxygens (including phenoxy) is 1. The second kappa shape index (κ2) is 9.15. The van der Waals surface area contributed by atoms with E-state index in [1.165, 1.54) is 42.4 Å². The normalized spacial score (nSPS) is 15.9. The minimum absolute atomic E-state index is 0.0576. The van der Waals surface area contributed by atoms with E-state index in [2.05, 4.69) is 17.3 Å². The average molecular weight is 450 g/mol. The van der Waals surface area contributed by atoms with Crippen molar-refractivity contribution >= 4 is 29.2 Å². The fourth-order valence-electron chi connectivity index (χ4n) is 2.92. The number of hydrogen-bond acceptors (Lipinski definition) is 5. The highest BCUT2D eigenvalue weighted by atomic mass is 35.5. The van der Waals surface area contributed by atoms with E-state index in [4.69, 9.17) is 21.4 Å². The molecular weight excluding hydrogens is 432 g/mol. The predicted octanol–water partition coefficient (Wildman–Crippen LogP) is 3.50. The summed E-state index contributed by atoms with van der Waals surface area (Å²) in [6.07, 6.45) is -2.90. The van der Waals surface area contributed by atoms with E-state index in [9.17, 15) is 18.4 Å². The van der Waals surface area contributed by atoms with E-state index in [1.54, 1.807) is 18.2 Å². The van der Waals surface area contributed by atoms with Crippen LogP contribution in [0.25, 0.3) is 5.70 Å². The third kappa shape index (κ3) is 5.01. The predicted molar refractivity (Wildman–Crippen MR) is 110 cm³/mol. The van der Waals surface area contributed by atoms with Crippen LogP contribution in [-0.2, 0) is 4.79 Å². The van der Waals surface area contributed by atoms with Crippen LogP contribution < -0.4 is 15.5 Å². The van der Waals surface area contributed by atoms with Gasteiger partial charge in [0.1, 0.15) is 17.4 Å². The highest BCUT2D eigenvalue weighted by Gasteiger charge is 2.41. The van der Waals surface area contributed by atoms with E-state index in [-0.39, 0.29) is 28.5 Å². The maximum atomic E-state index is 13.6. The van der Waals surface area contributed by atoms with E-state index in [1.807, 2.05) is 0 Å². The summed E-state index contributed by atoms with van der Waals surface area (Å²) in [6.45, 7) is 3.74. The number of hydrazine groups is 1. The molecule has 1 amide bonds. The first-order valence-corrected chi connectivity index (χ1v) is 9.34. The maximum Gasteiger partial charge on any atom is 0.335 e. The molecule has 0 radical (unpaired) electrons. The zero-order valence-electron chi connectivity index (χ0n) is 16.2. The Morgan fingerprint density at radius 2 is 1.87 bits per heavy atom. The molecule has 1 atom stereocenters. The second-order valence-corrected chi connectivity index (χ2v) is 7.03. The first kappa shape index (κ1) is 22.3. The van der Waals surface area contributed by atoms with E-state index >= 15 is 0 Å². The number of alkyl halides is 2. The van der Waals surface area contributed by atoms with Crippen molar-refractivity contribution in [1.82, 2.24) is 15.8 Å². The van der Waals surface area contributed by atoms with Gasteiger partial charge in [0.15, 0.2) is 0 Å². The Morgan fingerprint density at radius 3 is 2.45 bits per heavy atom. The minimum Gasteiger partial charge on any atom is -0.478 e. The van der Waals surface area contributed by atoms with Crippen LogP contribution in [0.5, 0.6) is 5.75 Å². The summed E-state index contributed by atoms with van der Waals surface area (Å²) in [5, 5.41) is 13.0. The fourth-order valence-corrected chi connectivity index (χ4v) is 3.10. The molecule has 3 N–H and O–H groups in total. The van der Waals surface area contributed by atoms with Gasteiger partial charge in [-0.25, -0.2) is 19.0 Å². The Morgan fingerprint density at radius 1 is 1.23 bits per heavy atom. The van der Waals surface area contributed by atoms with Crippen LogP contribution in [0.2, 0.25) is 5.02 Å². The third-order valence-corrected chi connectivity index (χ3v) is 4.67. The van der Waals surface area contributed by atoms with E-state index < -0.39 is 24.3 Å². The fraction of sp³-hybridized carbons (Fsp3) is 0.143. The smallest absolute Gasteiger partial charge is 0.335 e. The molecule has 0 fully saturated rings. The molecule has 10 heteroatoms. The topological polar surface area (TPSA) is 90.9 Å². The highest BCUT2D eigenvalue weighted by Crippen LogP contribution is 2.28. The molecule has 1 aliphatic rings. The number of aromatic carboxylic acids is 1. The van der Waals surface area contributed by atoms with Crippen molar-refractivity contribution in [2.24, 2.45) is 0 Å². The summed E-state index contributed by atoms with van der Waals surface area (Å²) in [6, 6.07) is 10.3. The van der Waals surface area contributed by atoms with Crippen molar-refractivity contribution in [3.05, 3.63) is 82.7 Å². The minimum atomic E-state index is -2.90. The highest BCUT2D eigenvalue weighted by molar-refractivity contribution is 6.30. The summed E-state index contributed by atoms with van der Waals surface area (Å²) in [7, 11) is 1.44. The van der Waals surface area contributed by atoms with Crippen molar-refractivity contribution in [2.45, 2.75) is 12.5 Å². The number of amides is 1. The van der Waals surface area contributed by atoms with Crippen LogP contribution in [0, 0.1) is 0 Å². The maximum absolute atomic E-state index is 13.6. The molecule has 2 aromatic rings. The molecule has 3 rings (SSSR count). The Balaban J connectivity index is 1.88. The monoisotopic (exact) mass is 449 g/mol. The molecule has 0 saturated carbocycles. The summed E-state index contributed by atoms with van der Waals surface area (Å²) < 4.78 is 32.9. The Labute approximate surface area is 181 Å². The van der Waals surface area contributed by atoms with Crippen LogP contribution in [0.3, 0.4) is 0 Å². The van der Waals surface area contributed by atoms with Gasteiger partial charge in [-0.1, -0.05) is 36.4 Å². The number of rotatable bonds is 7. The lowest BCUT2D eigenvalue weighted by atomic mass is 10.1. The van der Waals surface area contributed by atoms with Crippen LogP contribution in [-0.4, -0.2) is 41.5 Å². The number of halogens is 3. The molecular formula is C21H18ClF2N3O4. The molecule has 1 aliphatic heterocycles.